The molecule has 0 unspecified atom stereocenters. The molecule has 0 radical (unpaired) electrons. The minimum Gasteiger partial charge on any atom is -0.368 e. The first-order chi connectivity index (χ1) is 12.4. The zero-order valence-electron chi connectivity index (χ0n) is 15.0. The minimum atomic E-state index is -0.245. The molecule has 1 amide bonds. The number of carbonyl (C=O) groups is 1. The van der Waals surface area contributed by atoms with Gasteiger partial charge in [-0.3, -0.25) is 4.79 Å². The molecule has 3 aromatic rings. The monoisotopic (exact) mass is 351 g/mol. The number of amides is 1. The Bertz CT molecular complexity index is 905. The van der Waals surface area contributed by atoms with Gasteiger partial charge in [-0.2, -0.15) is 0 Å². The van der Waals surface area contributed by atoms with E-state index in [9.17, 15) is 4.79 Å². The molecule has 0 fully saturated rings. The van der Waals surface area contributed by atoms with Crippen LogP contribution in [0.1, 0.15) is 41.6 Å². The second kappa shape index (κ2) is 7.35. The third-order valence-electron chi connectivity index (χ3n) is 3.94. The van der Waals surface area contributed by atoms with Crippen LogP contribution in [0.3, 0.4) is 0 Å². The van der Waals surface area contributed by atoms with Gasteiger partial charge in [0.05, 0.1) is 6.54 Å². The lowest BCUT2D eigenvalue weighted by atomic mass is 10.1. The van der Waals surface area contributed by atoms with Crippen LogP contribution in [0.25, 0.3) is 11.3 Å². The second-order valence-electron chi connectivity index (χ2n) is 6.40. The third-order valence-corrected chi connectivity index (χ3v) is 3.94. The molecule has 0 spiro atoms. The maximum absolute atomic E-state index is 12.7. The predicted molar refractivity (Wildman–Crippen MR) is 98.3 cm³/mol. The van der Waals surface area contributed by atoms with Gasteiger partial charge in [0.15, 0.2) is 5.76 Å². The summed E-state index contributed by atoms with van der Waals surface area (Å²) in [4.78, 5) is 22.4. The highest BCUT2D eigenvalue weighted by Crippen LogP contribution is 2.21. The van der Waals surface area contributed by atoms with E-state index in [1.807, 2.05) is 50.2 Å². The van der Waals surface area contributed by atoms with Gasteiger partial charge in [-0.25, -0.2) is 9.97 Å². The van der Waals surface area contributed by atoms with Crippen molar-refractivity contribution < 1.29 is 9.32 Å². The van der Waals surface area contributed by atoms with Gasteiger partial charge in [0, 0.05) is 24.4 Å². The fourth-order valence-electron chi connectivity index (χ4n) is 2.53. The van der Waals surface area contributed by atoms with Gasteiger partial charge in [-0.05, 0) is 12.0 Å². The van der Waals surface area contributed by atoms with Gasteiger partial charge in [0.1, 0.15) is 11.4 Å². The van der Waals surface area contributed by atoms with Crippen molar-refractivity contribution in [3.8, 4) is 11.3 Å². The Kier molecular flexibility index (Phi) is 4.97. The highest BCUT2D eigenvalue weighted by Gasteiger charge is 2.18. The Morgan fingerprint density at radius 1 is 1.19 bits per heavy atom. The summed E-state index contributed by atoms with van der Waals surface area (Å²) in [5, 5.41) is 4.05. The molecule has 134 valence electrons. The van der Waals surface area contributed by atoms with Gasteiger partial charge in [-0.1, -0.05) is 49.3 Å². The first-order valence-electron chi connectivity index (χ1n) is 8.35. The number of aromatic nitrogens is 3. The van der Waals surface area contributed by atoms with E-state index in [4.69, 9.17) is 10.3 Å². The molecule has 7 heteroatoms. The minimum absolute atomic E-state index is 0.0979. The molecule has 2 N–H and O–H groups in total. The van der Waals surface area contributed by atoms with Gasteiger partial charge in [0.25, 0.3) is 5.91 Å². The van der Waals surface area contributed by atoms with Crippen molar-refractivity contribution >= 4 is 11.9 Å². The topological polar surface area (TPSA) is 98.1 Å². The van der Waals surface area contributed by atoms with Crippen molar-refractivity contribution in [1.82, 2.24) is 20.0 Å². The summed E-state index contributed by atoms with van der Waals surface area (Å²) in [7, 11) is 1.69. The van der Waals surface area contributed by atoms with E-state index in [0.29, 0.717) is 18.0 Å². The van der Waals surface area contributed by atoms with Crippen molar-refractivity contribution in [2.75, 3.05) is 12.8 Å². The summed E-state index contributed by atoms with van der Waals surface area (Å²) in [5.41, 5.74) is 8.34. The Morgan fingerprint density at radius 2 is 1.92 bits per heavy atom. The van der Waals surface area contributed by atoms with Crippen LogP contribution in [0.5, 0.6) is 0 Å². The number of nitrogen functional groups attached to an aromatic ring is 1. The van der Waals surface area contributed by atoms with Crippen LogP contribution in [0.2, 0.25) is 0 Å². The largest absolute Gasteiger partial charge is 0.368 e. The molecule has 1 aromatic carbocycles. The molecule has 2 heterocycles. The van der Waals surface area contributed by atoms with Gasteiger partial charge < -0.3 is 15.2 Å². The lowest BCUT2D eigenvalue weighted by Gasteiger charge is -2.16. The second-order valence-corrected chi connectivity index (χ2v) is 6.40. The molecular weight excluding hydrogens is 330 g/mol. The fourth-order valence-corrected chi connectivity index (χ4v) is 2.53. The van der Waals surface area contributed by atoms with Crippen LogP contribution in [0.4, 0.5) is 5.95 Å². The van der Waals surface area contributed by atoms with E-state index >= 15 is 0 Å². The molecular formula is C19H21N5O2. The first-order valence-corrected chi connectivity index (χ1v) is 8.35. The van der Waals surface area contributed by atoms with E-state index in [0.717, 1.165) is 11.3 Å². The van der Waals surface area contributed by atoms with Crippen molar-refractivity contribution in [2.45, 2.75) is 26.3 Å². The molecule has 26 heavy (non-hydrogen) atoms. The molecule has 0 aliphatic carbocycles. The normalized spacial score (nSPS) is 10.9. The Balaban J connectivity index is 1.75. The molecule has 7 nitrogen and oxygen atoms in total. The summed E-state index contributed by atoms with van der Waals surface area (Å²) in [6.07, 6.45) is 0. The van der Waals surface area contributed by atoms with Gasteiger partial charge in [0.2, 0.25) is 5.95 Å². The fraction of sp³-hybridized carbons (Fsp3) is 0.263. The lowest BCUT2D eigenvalue weighted by molar-refractivity contribution is 0.0776. The van der Waals surface area contributed by atoms with Crippen molar-refractivity contribution in [3.63, 3.8) is 0 Å². The number of anilines is 1. The number of rotatable bonds is 5. The van der Waals surface area contributed by atoms with Crippen LogP contribution in [-0.2, 0) is 6.54 Å². The summed E-state index contributed by atoms with van der Waals surface area (Å²) in [6, 6.07) is 13.2. The number of hydrogen-bond acceptors (Lipinski definition) is 6. The molecule has 0 saturated heterocycles. The van der Waals surface area contributed by atoms with Crippen molar-refractivity contribution in [3.05, 3.63) is 59.5 Å². The smallest absolute Gasteiger partial charge is 0.272 e. The Hall–Kier alpha value is -3.22. The standard InChI is InChI=1S/C19H21N5O2/c1-12(2)15-10-16(22-19(20)21-15)18(25)24(3)11-14-9-17(26-23-14)13-7-5-4-6-8-13/h4-10,12H,11H2,1-3H3,(H2,20,21,22). The number of benzene rings is 1. The highest BCUT2D eigenvalue weighted by molar-refractivity contribution is 5.92. The van der Waals surface area contributed by atoms with Gasteiger partial charge >= 0.3 is 0 Å². The third kappa shape index (κ3) is 3.88. The van der Waals surface area contributed by atoms with Crippen LogP contribution < -0.4 is 5.73 Å². The summed E-state index contributed by atoms with van der Waals surface area (Å²) in [5.74, 6) is 0.668. The average molecular weight is 351 g/mol. The maximum Gasteiger partial charge on any atom is 0.272 e. The Morgan fingerprint density at radius 3 is 2.62 bits per heavy atom. The zero-order valence-corrected chi connectivity index (χ0v) is 15.0. The molecule has 0 atom stereocenters. The van der Waals surface area contributed by atoms with E-state index < -0.39 is 0 Å². The molecule has 0 bridgehead atoms. The lowest BCUT2D eigenvalue weighted by Crippen LogP contribution is -2.27. The summed E-state index contributed by atoms with van der Waals surface area (Å²) in [6.45, 7) is 4.27. The van der Waals surface area contributed by atoms with Crippen LogP contribution >= 0.6 is 0 Å². The van der Waals surface area contributed by atoms with Crippen molar-refractivity contribution in [2.24, 2.45) is 0 Å². The molecule has 0 saturated carbocycles. The molecule has 3 rings (SSSR count). The summed E-state index contributed by atoms with van der Waals surface area (Å²) >= 11 is 0. The Labute approximate surface area is 151 Å². The van der Waals surface area contributed by atoms with E-state index in [1.165, 1.54) is 4.90 Å². The van der Waals surface area contributed by atoms with E-state index in [-0.39, 0.29) is 23.5 Å². The average Bonchev–Trinajstić information content (AvgIpc) is 3.09. The predicted octanol–water partition coefficient (Wildman–Crippen LogP) is 3.11. The number of carbonyl (C=O) groups excluding carboxylic acids is 1. The molecule has 0 aliphatic rings. The summed E-state index contributed by atoms with van der Waals surface area (Å²) < 4.78 is 5.37. The maximum atomic E-state index is 12.7. The number of nitrogens with zero attached hydrogens (tertiary/aromatic N) is 4. The number of nitrogens with two attached hydrogens (primary N) is 1. The molecule has 2 aromatic heterocycles. The van der Waals surface area contributed by atoms with Crippen LogP contribution in [0.15, 0.2) is 47.0 Å². The van der Waals surface area contributed by atoms with E-state index in [1.54, 1.807) is 13.1 Å². The highest BCUT2D eigenvalue weighted by atomic mass is 16.5. The molecule has 0 aliphatic heterocycles. The van der Waals surface area contributed by atoms with E-state index in [2.05, 4.69) is 15.1 Å². The van der Waals surface area contributed by atoms with Crippen LogP contribution in [0, 0.1) is 0 Å². The van der Waals surface area contributed by atoms with Gasteiger partial charge in [-0.15, -0.1) is 0 Å². The SMILES string of the molecule is CC(C)c1cc(C(=O)N(C)Cc2cc(-c3ccccc3)on2)nc(N)n1. The zero-order chi connectivity index (χ0) is 18.7. The quantitative estimate of drug-likeness (QED) is 0.758. The van der Waals surface area contributed by atoms with Crippen LogP contribution in [-0.4, -0.2) is 33.0 Å². The first kappa shape index (κ1) is 17.6. The number of hydrogen-bond donors (Lipinski definition) is 1. The van der Waals surface area contributed by atoms with Crippen molar-refractivity contribution in [1.29, 1.82) is 0 Å².